The molecule has 0 bridgehead atoms. The maximum atomic E-state index is 13.1. The van der Waals surface area contributed by atoms with Crippen LogP contribution in [-0.4, -0.2) is 19.6 Å². The number of methoxy groups -OCH3 is 1. The highest BCUT2D eigenvalue weighted by atomic mass is 16.5. The molecule has 150 valence electrons. The SMILES string of the molecule is C#CCN(Cc1ccccc1)c1ccc2c(c1)C(OC)C(=O)N2Cc1ccccc1. The van der Waals surface area contributed by atoms with Crippen LogP contribution in [0.25, 0.3) is 0 Å². The van der Waals surface area contributed by atoms with Crippen LogP contribution >= 0.6 is 0 Å². The lowest BCUT2D eigenvalue weighted by atomic mass is 10.1. The number of fused-ring (bicyclic) bond motifs is 1. The Hall–Kier alpha value is -3.55. The molecule has 1 unspecified atom stereocenters. The van der Waals surface area contributed by atoms with Gasteiger partial charge in [0.05, 0.1) is 18.8 Å². The number of terminal acetylenes is 1. The number of hydrogen-bond donors (Lipinski definition) is 0. The Balaban J connectivity index is 1.66. The van der Waals surface area contributed by atoms with E-state index in [1.165, 1.54) is 5.56 Å². The van der Waals surface area contributed by atoms with Crippen LogP contribution in [0.1, 0.15) is 22.8 Å². The highest BCUT2D eigenvalue weighted by Gasteiger charge is 2.37. The van der Waals surface area contributed by atoms with Crippen LogP contribution in [0, 0.1) is 12.3 Å². The van der Waals surface area contributed by atoms with Crippen LogP contribution in [0.15, 0.2) is 78.9 Å². The number of benzene rings is 3. The zero-order chi connectivity index (χ0) is 20.9. The molecule has 3 aromatic rings. The van der Waals surface area contributed by atoms with Crippen molar-refractivity contribution in [3.63, 3.8) is 0 Å². The first-order chi connectivity index (χ1) is 14.7. The van der Waals surface area contributed by atoms with Crippen molar-refractivity contribution >= 4 is 17.3 Å². The van der Waals surface area contributed by atoms with Crippen molar-refractivity contribution < 1.29 is 9.53 Å². The minimum atomic E-state index is -0.604. The summed E-state index contributed by atoms with van der Waals surface area (Å²) in [4.78, 5) is 17.0. The Bertz CT molecular complexity index is 1060. The van der Waals surface area contributed by atoms with E-state index in [0.717, 1.165) is 22.5 Å². The van der Waals surface area contributed by atoms with Gasteiger partial charge in [0.1, 0.15) is 0 Å². The van der Waals surface area contributed by atoms with Crippen LogP contribution in [0.3, 0.4) is 0 Å². The number of rotatable bonds is 7. The van der Waals surface area contributed by atoms with E-state index in [0.29, 0.717) is 19.6 Å². The van der Waals surface area contributed by atoms with Gasteiger partial charge in [-0.25, -0.2) is 0 Å². The largest absolute Gasteiger partial charge is 0.367 e. The van der Waals surface area contributed by atoms with Gasteiger partial charge in [-0.2, -0.15) is 0 Å². The fraction of sp³-hybridized carbons (Fsp3) is 0.192. The summed E-state index contributed by atoms with van der Waals surface area (Å²) in [5.41, 5.74) is 5.01. The second-order valence-electron chi connectivity index (χ2n) is 7.31. The van der Waals surface area contributed by atoms with Crippen molar-refractivity contribution in [3.05, 3.63) is 95.6 Å². The van der Waals surface area contributed by atoms with Crippen LogP contribution in [0.5, 0.6) is 0 Å². The molecule has 0 saturated heterocycles. The van der Waals surface area contributed by atoms with Crippen LogP contribution in [0.2, 0.25) is 0 Å². The predicted molar refractivity (Wildman–Crippen MR) is 120 cm³/mol. The number of anilines is 2. The summed E-state index contributed by atoms with van der Waals surface area (Å²) in [6.45, 7) is 1.69. The summed E-state index contributed by atoms with van der Waals surface area (Å²) in [6.07, 6.45) is 5.03. The first kappa shape index (κ1) is 19.8. The number of amides is 1. The van der Waals surface area contributed by atoms with E-state index in [2.05, 4.69) is 23.0 Å². The van der Waals surface area contributed by atoms with Crippen molar-refractivity contribution in [2.75, 3.05) is 23.5 Å². The quantitative estimate of drug-likeness (QED) is 0.549. The van der Waals surface area contributed by atoms with Crippen molar-refractivity contribution in [2.24, 2.45) is 0 Å². The molecule has 1 aliphatic heterocycles. The first-order valence-electron chi connectivity index (χ1n) is 9.95. The standard InChI is InChI=1S/C26H24N2O2/c1-3-16-27(18-20-10-6-4-7-11-20)22-14-15-24-23(17-22)25(30-2)26(29)28(24)19-21-12-8-5-9-13-21/h1,4-15,17,25H,16,18-19H2,2H3. The van der Waals surface area contributed by atoms with Gasteiger partial charge in [-0.15, -0.1) is 6.42 Å². The fourth-order valence-electron chi connectivity index (χ4n) is 3.90. The maximum Gasteiger partial charge on any atom is 0.261 e. The lowest BCUT2D eigenvalue weighted by molar-refractivity contribution is -0.127. The Morgan fingerprint density at radius 3 is 2.30 bits per heavy atom. The monoisotopic (exact) mass is 396 g/mol. The summed E-state index contributed by atoms with van der Waals surface area (Å²) >= 11 is 0. The molecule has 4 rings (SSSR count). The van der Waals surface area contributed by atoms with Gasteiger partial charge in [0.25, 0.3) is 5.91 Å². The molecule has 1 amide bonds. The Labute approximate surface area is 177 Å². The smallest absolute Gasteiger partial charge is 0.261 e. The molecule has 0 radical (unpaired) electrons. The van der Waals surface area contributed by atoms with Gasteiger partial charge in [-0.05, 0) is 29.3 Å². The third-order valence-corrected chi connectivity index (χ3v) is 5.36. The molecule has 0 spiro atoms. The maximum absolute atomic E-state index is 13.1. The molecule has 1 heterocycles. The molecule has 1 atom stereocenters. The molecule has 1 aliphatic rings. The molecule has 0 N–H and O–H groups in total. The molecule has 0 saturated carbocycles. The highest BCUT2D eigenvalue weighted by molar-refractivity contribution is 6.04. The third-order valence-electron chi connectivity index (χ3n) is 5.36. The average Bonchev–Trinajstić information content (AvgIpc) is 3.05. The molecule has 30 heavy (non-hydrogen) atoms. The minimum absolute atomic E-state index is 0.0416. The Kier molecular flexibility index (Phi) is 5.83. The third kappa shape index (κ3) is 3.94. The molecule has 0 fully saturated rings. The normalized spacial score (nSPS) is 15.0. The second kappa shape index (κ2) is 8.86. The van der Waals surface area contributed by atoms with Crippen molar-refractivity contribution in [3.8, 4) is 12.3 Å². The van der Waals surface area contributed by atoms with E-state index in [1.807, 2.05) is 66.7 Å². The van der Waals surface area contributed by atoms with Crippen LogP contribution in [-0.2, 0) is 22.6 Å². The average molecular weight is 396 g/mol. The van der Waals surface area contributed by atoms with Gasteiger partial charge in [0.2, 0.25) is 0 Å². The molecular weight excluding hydrogens is 372 g/mol. The summed E-state index contributed by atoms with van der Waals surface area (Å²) in [5, 5.41) is 0. The zero-order valence-electron chi connectivity index (χ0n) is 17.0. The zero-order valence-corrected chi connectivity index (χ0v) is 17.0. The summed E-state index contributed by atoms with van der Waals surface area (Å²) in [6, 6.07) is 26.3. The van der Waals surface area contributed by atoms with Gasteiger partial charge < -0.3 is 14.5 Å². The van der Waals surface area contributed by atoms with Gasteiger partial charge >= 0.3 is 0 Å². The number of carbonyl (C=O) groups is 1. The van der Waals surface area contributed by atoms with Gasteiger partial charge in [-0.3, -0.25) is 4.79 Å². The van der Waals surface area contributed by atoms with E-state index in [-0.39, 0.29) is 5.91 Å². The molecule has 4 nitrogen and oxygen atoms in total. The first-order valence-corrected chi connectivity index (χ1v) is 9.95. The Morgan fingerprint density at radius 1 is 1.00 bits per heavy atom. The summed E-state index contributed by atoms with van der Waals surface area (Å²) in [7, 11) is 1.58. The molecule has 0 aromatic heterocycles. The number of hydrogen-bond acceptors (Lipinski definition) is 3. The van der Waals surface area contributed by atoms with Crippen molar-refractivity contribution in [2.45, 2.75) is 19.2 Å². The van der Waals surface area contributed by atoms with Gasteiger partial charge in [0, 0.05) is 24.9 Å². The highest BCUT2D eigenvalue weighted by Crippen LogP contribution is 2.41. The minimum Gasteiger partial charge on any atom is -0.367 e. The van der Waals surface area contributed by atoms with Crippen LogP contribution < -0.4 is 9.80 Å². The van der Waals surface area contributed by atoms with E-state index in [1.54, 1.807) is 12.0 Å². The topological polar surface area (TPSA) is 32.8 Å². The Morgan fingerprint density at radius 2 is 1.67 bits per heavy atom. The number of carbonyl (C=O) groups excluding carboxylic acids is 1. The molecule has 0 aliphatic carbocycles. The van der Waals surface area contributed by atoms with E-state index in [4.69, 9.17) is 11.2 Å². The number of nitrogens with zero attached hydrogens (tertiary/aromatic N) is 2. The lowest BCUT2D eigenvalue weighted by Gasteiger charge is -2.24. The fourth-order valence-corrected chi connectivity index (χ4v) is 3.90. The van der Waals surface area contributed by atoms with Crippen molar-refractivity contribution in [1.82, 2.24) is 0 Å². The molecule has 4 heteroatoms. The number of ether oxygens (including phenoxy) is 1. The summed E-state index contributed by atoms with van der Waals surface area (Å²) in [5.74, 6) is 2.71. The second-order valence-corrected chi connectivity index (χ2v) is 7.31. The lowest BCUT2D eigenvalue weighted by Crippen LogP contribution is -2.28. The van der Waals surface area contributed by atoms with Crippen molar-refractivity contribution in [1.29, 1.82) is 0 Å². The van der Waals surface area contributed by atoms with Gasteiger partial charge in [0.15, 0.2) is 6.10 Å². The molecule has 3 aromatic carbocycles. The van der Waals surface area contributed by atoms with E-state index in [9.17, 15) is 4.79 Å². The van der Waals surface area contributed by atoms with E-state index < -0.39 is 6.10 Å². The molecular formula is C26H24N2O2. The predicted octanol–water partition coefficient (Wildman–Crippen LogP) is 4.56. The van der Waals surface area contributed by atoms with Gasteiger partial charge in [-0.1, -0.05) is 66.6 Å². The van der Waals surface area contributed by atoms with E-state index >= 15 is 0 Å². The summed E-state index contributed by atoms with van der Waals surface area (Å²) < 4.78 is 5.58. The van der Waals surface area contributed by atoms with Crippen LogP contribution in [0.4, 0.5) is 11.4 Å².